The van der Waals surface area contributed by atoms with Crippen LogP contribution in [-0.2, 0) is 4.79 Å². The molecule has 2 heterocycles. The maximum Gasteiger partial charge on any atom is 0.231 e. The largest absolute Gasteiger partial charge is 0.342 e. The van der Waals surface area contributed by atoms with Crippen molar-refractivity contribution in [2.24, 2.45) is 5.73 Å². The van der Waals surface area contributed by atoms with E-state index in [1.807, 2.05) is 17.0 Å². The number of carbonyl (C=O) groups excluding carboxylic acids is 1. The van der Waals surface area contributed by atoms with Crippen LogP contribution in [0.2, 0.25) is 5.02 Å². The molecule has 1 unspecified atom stereocenters. The number of nitrogens with two attached hydrogens (primary N) is 1. The number of hydrogen-bond acceptors (Lipinski definition) is 5. The molecule has 0 radical (unpaired) electrons. The van der Waals surface area contributed by atoms with Crippen molar-refractivity contribution in [3.05, 3.63) is 35.2 Å². The van der Waals surface area contributed by atoms with Crippen LogP contribution < -0.4 is 5.73 Å². The van der Waals surface area contributed by atoms with Gasteiger partial charge in [-0.1, -0.05) is 23.2 Å². The maximum atomic E-state index is 12.4. The Morgan fingerprint density at radius 2 is 2.08 bits per heavy atom. The van der Waals surface area contributed by atoms with Crippen LogP contribution in [0.4, 0.5) is 0 Å². The Kier molecular flexibility index (Phi) is 6.63. The van der Waals surface area contributed by atoms with Crippen LogP contribution in [0, 0.1) is 0 Å². The van der Waals surface area contributed by atoms with E-state index in [1.165, 1.54) is 0 Å². The predicted octanol–water partition coefficient (Wildman–Crippen LogP) is 3.62. The number of piperidine rings is 1. The van der Waals surface area contributed by atoms with E-state index in [9.17, 15) is 4.79 Å². The van der Waals surface area contributed by atoms with Crippen molar-refractivity contribution >= 4 is 17.5 Å². The highest BCUT2D eigenvalue weighted by Gasteiger charge is 2.28. The Hall–Kier alpha value is -1.92. The predicted molar refractivity (Wildman–Crippen MR) is 101 cm³/mol. The van der Waals surface area contributed by atoms with Crippen molar-refractivity contribution in [1.29, 1.82) is 0 Å². The van der Waals surface area contributed by atoms with Crippen LogP contribution in [0.25, 0.3) is 11.4 Å². The molecule has 1 amide bonds. The van der Waals surface area contributed by atoms with Crippen LogP contribution in [0.15, 0.2) is 28.8 Å². The average molecular weight is 377 g/mol. The molecule has 1 aromatic heterocycles. The Morgan fingerprint density at radius 3 is 2.85 bits per heavy atom. The first-order chi connectivity index (χ1) is 12.7. The number of rotatable bonds is 7. The van der Waals surface area contributed by atoms with Gasteiger partial charge in [0.15, 0.2) is 0 Å². The first-order valence-corrected chi connectivity index (χ1v) is 9.62. The van der Waals surface area contributed by atoms with Gasteiger partial charge in [-0.15, -0.1) is 0 Å². The zero-order chi connectivity index (χ0) is 18.4. The number of hydrogen-bond donors (Lipinski definition) is 1. The molecule has 0 bridgehead atoms. The summed E-state index contributed by atoms with van der Waals surface area (Å²) in [6.45, 7) is 2.15. The van der Waals surface area contributed by atoms with Gasteiger partial charge in [0.05, 0.1) is 5.92 Å². The fraction of sp³-hybridized carbons (Fsp3) is 0.526. The van der Waals surface area contributed by atoms with Gasteiger partial charge in [0.1, 0.15) is 0 Å². The van der Waals surface area contributed by atoms with Crippen molar-refractivity contribution in [1.82, 2.24) is 15.0 Å². The zero-order valence-electron chi connectivity index (χ0n) is 14.9. The SMILES string of the molecule is NCCCCCC(=O)N1CCCC(c2nc(-c3ccc(Cl)cc3)no2)C1. The van der Waals surface area contributed by atoms with Crippen molar-refractivity contribution in [3.8, 4) is 11.4 Å². The Balaban J connectivity index is 1.59. The molecule has 1 aliphatic heterocycles. The standard InChI is InChI=1S/C19H25ClN4O2/c20-16-9-7-14(8-10-16)18-22-19(26-23-18)15-5-4-12-24(13-15)17(25)6-2-1-3-11-21/h7-10,15H,1-6,11-13,21H2. The summed E-state index contributed by atoms with van der Waals surface area (Å²) in [6, 6.07) is 7.35. The van der Waals surface area contributed by atoms with E-state index < -0.39 is 0 Å². The van der Waals surface area contributed by atoms with Gasteiger partial charge in [0.2, 0.25) is 17.6 Å². The van der Waals surface area contributed by atoms with Crippen LogP contribution in [-0.4, -0.2) is 40.6 Å². The molecule has 7 heteroatoms. The van der Waals surface area contributed by atoms with Crippen molar-refractivity contribution < 1.29 is 9.32 Å². The second-order valence-electron chi connectivity index (χ2n) is 6.74. The fourth-order valence-corrected chi connectivity index (χ4v) is 3.40. The molecule has 1 fully saturated rings. The summed E-state index contributed by atoms with van der Waals surface area (Å²) >= 11 is 5.92. The summed E-state index contributed by atoms with van der Waals surface area (Å²) in [5.41, 5.74) is 6.37. The zero-order valence-corrected chi connectivity index (χ0v) is 15.6. The van der Waals surface area contributed by atoms with Crippen LogP contribution in [0.1, 0.15) is 50.3 Å². The van der Waals surface area contributed by atoms with Crippen molar-refractivity contribution in [2.75, 3.05) is 19.6 Å². The maximum absolute atomic E-state index is 12.4. The lowest BCUT2D eigenvalue weighted by atomic mass is 9.97. The summed E-state index contributed by atoms with van der Waals surface area (Å²) in [5, 5.41) is 4.76. The molecule has 3 rings (SSSR count). The number of aromatic nitrogens is 2. The van der Waals surface area contributed by atoms with E-state index in [0.717, 1.165) is 44.2 Å². The number of benzene rings is 1. The number of amides is 1. The lowest BCUT2D eigenvalue weighted by Gasteiger charge is -2.31. The van der Waals surface area contributed by atoms with E-state index in [1.54, 1.807) is 12.1 Å². The first kappa shape index (κ1) is 18.9. The van der Waals surface area contributed by atoms with E-state index in [-0.39, 0.29) is 11.8 Å². The highest BCUT2D eigenvalue weighted by molar-refractivity contribution is 6.30. The summed E-state index contributed by atoms with van der Waals surface area (Å²) < 4.78 is 5.48. The highest BCUT2D eigenvalue weighted by Crippen LogP contribution is 2.28. The van der Waals surface area contributed by atoms with Gasteiger partial charge in [0.25, 0.3) is 0 Å². The lowest BCUT2D eigenvalue weighted by Crippen LogP contribution is -2.39. The number of nitrogens with zero attached hydrogens (tertiary/aromatic N) is 3. The minimum absolute atomic E-state index is 0.102. The van der Waals surface area contributed by atoms with Gasteiger partial charge in [0, 0.05) is 30.1 Å². The third kappa shape index (κ3) is 4.83. The van der Waals surface area contributed by atoms with Crippen LogP contribution >= 0.6 is 11.6 Å². The summed E-state index contributed by atoms with van der Waals surface area (Å²) in [4.78, 5) is 18.9. The molecule has 26 heavy (non-hydrogen) atoms. The van der Waals surface area contributed by atoms with Gasteiger partial charge >= 0.3 is 0 Å². The molecule has 1 saturated heterocycles. The number of halogens is 1. The molecule has 1 aromatic carbocycles. The van der Waals surface area contributed by atoms with E-state index in [2.05, 4.69) is 10.1 Å². The normalized spacial score (nSPS) is 17.5. The monoisotopic (exact) mass is 376 g/mol. The third-order valence-electron chi connectivity index (χ3n) is 4.76. The molecule has 2 N–H and O–H groups in total. The minimum Gasteiger partial charge on any atom is -0.342 e. The van der Waals surface area contributed by atoms with Gasteiger partial charge in [-0.3, -0.25) is 4.79 Å². The topological polar surface area (TPSA) is 85.3 Å². The quantitative estimate of drug-likeness (QED) is 0.746. The summed E-state index contributed by atoms with van der Waals surface area (Å²) in [7, 11) is 0. The number of unbranched alkanes of at least 4 members (excludes halogenated alkanes) is 2. The first-order valence-electron chi connectivity index (χ1n) is 9.25. The molecule has 1 atom stereocenters. The van der Waals surface area contributed by atoms with Crippen LogP contribution in [0.3, 0.4) is 0 Å². The molecular weight excluding hydrogens is 352 g/mol. The molecule has 0 aliphatic carbocycles. The minimum atomic E-state index is 0.102. The van der Waals surface area contributed by atoms with Crippen molar-refractivity contribution in [3.63, 3.8) is 0 Å². The van der Waals surface area contributed by atoms with Crippen LogP contribution in [0.5, 0.6) is 0 Å². The molecule has 6 nitrogen and oxygen atoms in total. The summed E-state index contributed by atoms with van der Waals surface area (Å²) in [5.74, 6) is 1.48. The smallest absolute Gasteiger partial charge is 0.231 e. The Bertz CT molecular complexity index is 717. The second kappa shape index (κ2) is 9.14. The molecule has 1 aliphatic rings. The van der Waals surface area contributed by atoms with Crippen molar-refractivity contribution in [2.45, 2.75) is 44.4 Å². The van der Waals surface area contributed by atoms with E-state index in [0.29, 0.717) is 36.2 Å². The van der Waals surface area contributed by atoms with Gasteiger partial charge < -0.3 is 15.2 Å². The highest BCUT2D eigenvalue weighted by atomic mass is 35.5. The Labute approximate surface area is 158 Å². The van der Waals surface area contributed by atoms with Gasteiger partial charge in [-0.2, -0.15) is 4.98 Å². The van der Waals surface area contributed by atoms with E-state index in [4.69, 9.17) is 21.9 Å². The second-order valence-corrected chi connectivity index (χ2v) is 7.18. The average Bonchev–Trinajstić information content (AvgIpc) is 3.16. The van der Waals surface area contributed by atoms with E-state index >= 15 is 0 Å². The molecule has 2 aromatic rings. The third-order valence-corrected chi connectivity index (χ3v) is 5.01. The summed E-state index contributed by atoms with van der Waals surface area (Å²) in [6.07, 6.45) is 5.39. The Morgan fingerprint density at radius 1 is 1.27 bits per heavy atom. The molecule has 140 valence electrons. The fourth-order valence-electron chi connectivity index (χ4n) is 3.28. The molecular formula is C19H25ClN4O2. The van der Waals surface area contributed by atoms with Gasteiger partial charge in [-0.25, -0.2) is 0 Å². The lowest BCUT2D eigenvalue weighted by molar-refractivity contribution is -0.132. The van der Waals surface area contributed by atoms with Gasteiger partial charge in [-0.05, 0) is 56.5 Å². The molecule has 0 spiro atoms. The number of likely N-dealkylation sites (tertiary alicyclic amines) is 1. The molecule has 0 saturated carbocycles. The number of carbonyl (C=O) groups is 1.